The zero-order valence-corrected chi connectivity index (χ0v) is 11.6. The van der Waals surface area contributed by atoms with Crippen LogP contribution in [0.5, 0.6) is 0 Å². The van der Waals surface area contributed by atoms with Gasteiger partial charge in [-0.2, -0.15) is 65.9 Å². The maximum atomic E-state index is 13.1. The number of halogens is 15. The molecule has 26 heavy (non-hydrogen) atoms. The molecule has 0 saturated heterocycles. The Morgan fingerprint density at radius 1 is 0.500 bits per heavy atom. The lowest BCUT2D eigenvalue weighted by Crippen LogP contribution is -2.72. The average Bonchev–Trinajstić information content (AvgIpc) is 2.42. The maximum absolute atomic E-state index is 13.1. The molecule has 0 heterocycles. The van der Waals surface area contributed by atoms with E-state index in [9.17, 15) is 70.7 Å². The van der Waals surface area contributed by atoms with Crippen molar-refractivity contribution in [1.29, 1.82) is 0 Å². The van der Waals surface area contributed by atoms with Crippen molar-refractivity contribution in [3.05, 3.63) is 0 Å². The largest absolute Gasteiger partial charge is 0.460 e. The van der Waals surface area contributed by atoms with Crippen LogP contribution in [0, 0.1) is 0 Å². The van der Waals surface area contributed by atoms with E-state index in [0.717, 1.165) is 0 Å². The fraction of sp³-hybridized carbons (Fsp3) is 0.900. The van der Waals surface area contributed by atoms with Gasteiger partial charge in [0.05, 0.1) is 0 Å². The zero-order chi connectivity index (χ0) is 21.6. The number of alkyl halides is 15. The normalized spacial score (nSPS) is 16.0. The van der Waals surface area contributed by atoms with Crippen molar-refractivity contribution < 1.29 is 70.7 Å². The van der Waals surface area contributed by atoms with Crippen LogP contribution < -0.4 is 0 Å². The Balaban J connectivity index is 6.37. The molecule has 0 spiro atoms. The topological polar surface area (TPSA) is 17.1 Å². The summed E-state index contributed by atoms with van der Waals surface area (Å²) in [4.78, 5) is 9.77. The Hall–Kier alpha value is -1.38. The molecule has 0 N–H and O–H groups in total. The Labute approximate surface area is 133 Å². The first kappa shape index (κ1) is 24.6. The first-order chi connectivity index (χ1) is 11.1. The van der Waals surface area contributed by atoms with Crippen molar-refractivity contribution in [2.45, 2.75) is 54.6 Å². The third-order valence-electron chi connectivity index (χ3n) is 2.97. The van der Waals surface area contributed by atoms with E-state index in [0.29, 0.717) is 0 Å². The molecular formula is C10H5F15O. The predicted octanol–water partition coefficient (Wildman–Crippen LogP) is 5.34. The summed E-state index contributed by atoms with van der Waals surface area (Å²) < 4.78 is 190. The van der Waals surface area contributed by atoms with Crippen molar-refractivity contribution in [1.82, 2.24) is 0 Å². The van der Waals surface area contributed by atoms with Crippen LogP contribution in [0.1, 0.15) is 12.8 Å². The van der Waals surface area contributed by atoms with E-state index >= 15 is 0 Å². The van der Waals surface area contributed by atoms with Crippen LogP contribution in [0.2, 0.25) is 0 Å². The summed E-state index contributed by atoms with van der Waals surface area (Å²) in [6.07, 6.45) is -12.5. The van der Waals surface area contributed by atoms with Crippen LogP contribution in [-0.4, -0.2) is 48.0 Å². The highest BCUT2D eigenvalue weighted by Gasteiger charge is 2.93. The van der Waals surface area contributed by atoms with Gasteiger partial charge in [-0.1, -0.05) is 0 Å². The molecule has 0 saturated carbocycles. The van der Waals surface area contributed by atoms with Gasteiger partial charge in [-0.15, -0.1) is 0 Å². The third kappa shape index (κ3) is 3.18. The van der Waals surface area contributed by atoms with Crippen LogP contribution in [0.25, 0.3) is 0 Å². The minimum absolute atomic E-state index is 0.591. The van der Waals surface area contributed by atoms with Crippen molar-refractivity contribution >= 4 is 6.29 Å². The number of rotatable bonds is 8. The van der Waals surface area contributed by atoms with E-state index in [1.165, 1.54) is 0 Å². The SMILES string of the molecule is O=CCCC(F)(F)C(F)(F)C(F)(F)C(F)(F)C(F)(F)C(F)(F)C(F)(F)F. The molecule has 0 amide bonds. The number of hydrogen-bond acceptors (Lipinski definition) is 1. The fourth-order valence-electron chi connectivity index (χ4n) is 1.40. The molecule has 0 aliphatic rings. The Morgan fingerprint density at radius 2 is 0.808 bits per heavy atom. The minimum atomic E-state index is -8.28. The Bertz CT molecular complexity index is 517. The fourth-order valence-corrected chi connectivity index (χ4v) is 1.40. The van der Waals surface area contributed by atoms with Gasteiger partial charge in [0, 0.05) is 12.8 Å². The monoisotopic (exact) mass is 426 g/mol. The Kier molecular flexibility index (Phi) is 6.01. The van der Waals surface area contributed by atoms with Gasteiger partial charge in [0.25, 0.3) is 0 Å². The molecule has 16 heteroatoms. The van der Waals surface area contributed by atoms with E-state index in [1.807, 2.05) is 0 Å². The lowest BCUT2D eigenvalue weighted by molar-refractivity contribution is -0.452. The molecule has 0 fully saturated rings. The molecule has 0 unspecified atom stereocenters. The van der Waals surface area contributed by atoms with Crippen molar-refractivity contribution in [3.63, 3.8) is 0 Å². The standard InChI is InChI=1S/C10H5F15O/c11-4(12,2-1-3-26)5(13,14)6(15,16)7(17,18)8(19,20)9(21,22)10(23,24)25/h3H,1-2H2. The number of aldehydes is 1. The van der Waals surface area contributed by atoms with E-state index in [2.05, 4.69) is 0 Å². The number of carbonyl (C=O) groups excluding carboxylic acids is 1. The number of carbonyl (C=O) groups is 1. The van der Waals surface area contributed by atoms with Gasteiger partial charge in [-0.05, 0) is 0 Å². The van der Waals surface area contributed by atoms with E-state index in [1.54, 1.807) is 0 Å². The second-order valence-electron chi connectivity index (χ2n) is 4.78. The van der Waals surface area contributed by atoms with Gasteiger partial charge in [0.2, 0.25) is 0 Å². The summed E-state index contributed by atoms with van der Waals surface area (Å²) in [6, 6.07) is 0. The molecular weight excluding hydrogens is 421 g/mol. The molecule has 156 valence electrons. The van der Waals surface area contributed by atoms with Crippen LogP contribution in [0.3, 0.4) is 0 Å². The van der Waals surface area contributed by atoms with E-state index in [4.69, 9.17) is 0 Å². The summed E-state index contributed by atoms with van der Waals surface area (Å²) >= 11 is 0. The van der Waals surface area contributed by atoms with E-state index in [-0.39, 0.29) is 0 Å². The summed E-state index contributed by atoms with van der Waals surface area (Å²) in [7, 11) is 0. The van der Waals surface area contributed by atoms with Crippen LogP contribution in [0.4, 0.5) is 65.9 Å². The smallest absolute Gasteiger partial charge is 0.303 e. The second-order valence-corrected chi connectivity index (χ2v) is 4.78. The quantitative estimate of drug-likeness (QED) is 0.379. The second kappa shape index (κ2) is 6.35. The molecule has 0 aromatic carbocycles. The molecule has 0 bridgehead atoms. The molecule has 0 aromatic rings. The van der Waals surface area contributed by atoms with Gasteiger partial charge in [0.15, 0.2) is 0 Å². The van der Waals surface area contributed by atoms with Crippen LogP contribution >= 0.6 is 0 Å². The Morgan fingerprint density at radius 3 is 1.12 bits per heavy atom. The summed E-state index contributed by atoms with van der Waals surface area (Å²) in [5, 5.41) is 0. The van der Waals surface area contributed by atoms with Gasteiger partial charge in [-0.25, -0.2) is 0 Å². The molecule has 0 rings (SSSR count). The van der Waals surface area contributed by atoms with Gasteiger partial charge in [0.1, 0.15) is 6.29 Å². The predicted molar refractivity (Wildman–Crippen MR) is 51.0 cm³/mol. The first-order valence-electron chi connectivity index (χ1n) is 5.83. The average molecular weight is 426 g/mol. The summed E-state index contributed by atoms with van der Waals surface area (Å²) in [5.41, 5.74) is 0. The van der Waals surface area contributed by atoms with Crippen molar-refractivity contribution in [3.8, 4) is 0 Å². The first-order valence-corrected chi connectivity index (χ1v) is 5.83. The lowest BCUT2D eigenvalue weighted by atomic mass is 9.90. The van der Waals surface area contributed by atoms with Crippen molar-refractivity contribution in [2.75, 3.05) is 0 Å². The molecule has 0 aromatic heterocycles. The molecule has 1 nitrogen and oxygen atoms in total. The van der Waals surface area contributed by atoms with E-state index < -0.39 is 60.8 Å². The molecule has 0 aliphatic carbocycles. The lowest BCUT2D eigenvalue weighted by Gasteiger charge is -2.41. The van der Waals surface area contributed by atoms with Gasteiger partial charge >= 0.3 is 41.7 Å². The minimum Gasteiger partial charge on any atom is -0.303 e. The summed E-state index contributed by atoms with van der Waals surface area (Å²) in [6.45, 7) is 0. The molecule has 0 aliphatic heterocycles. The highest BCUT2D eigenvalue weighted by molar-refractivity contribution is 5.49. The highest BCUT2D eigenvalue weighted by Crippen LogP contribution is 2.62. The number of hydrogen-bond donors (Lipinski definition) is 0. The van der Waals surface area contributed by atoms with Gasteiger partial charge in [-0.3, -0.25) is 0 Å². The molecule has 0 radical (unpaired) electrons. The van der Waals surface area contributed by atoms with Gasteiger partial charge < -0.3 is 4.79 Å². The maximum Gasteiger partial charge on any atom is 0.460 e. The van der Waals surface area contributed by atoms with Crippen LogP contribution in [0.15, 0.2) is 0 Å². The zero-order valence-electron chi connectivity index (χ0n) is 11.6. The highest BCUT2D eigenvalue weighted by atomic mass is 19.4. The van der Waals surface area contributed by atoms with Crippen LogP contribution in [-0.2, 0) is 4.79 Å². The third-order valence-corrected chi connectivity index (χ3v) is 2.97. The summed E-state index contributed by atoms with van der Waals surface area (Å²) in [5.74, 6) is -46.5. The molecule has 0 atom stereocenters. The van der Waals surface area contributed by atoms with Crippen molar-refractivity contribution in [2.24, 2.45) is 0 Å².